The van der Waals surface area contributed by atoms with Crippen molar-refractivity contribution in [1.29, 1.82) is 0 Å². The highest BCUT2D eigenvalue weighted by atomic mass is 14.5. The number of rotatable bonds is 3. The van der Waals surface area contributed by atoms with Gasteiger partial charge in [0.25, 0.3) is 0 Å². The van der Waals surface area contributed by atoms with E-state index in [2.05, 4.69) is 27.7 Å². The SMILES string of the molecule is CCC(C)C1(CC)CCC1C. The van der Waals surface area contributed by atoms with E-state index < -0.39 is 0 Å². The average molecular weight is 154 g/mol. The lowest BCUT2D eigenvalue weighted by molar-refractivity contribution is -0.0201. The largest absolute Gasteiger partial charge is 0.0651 e. The van der Waals surface area contributed by atoms with Crippen LogP contribution < -0.4 is 0 Å². The minimum atomic E-state index is 0.731. The number of hydrogen-bond acceptors (Lipinski definition) is 0. The summed E-state index contributed by atoms with van der Waals surface area (Å²) in [6, 6.07) is 0. The smallest absolute Gasteiger partial charge is 0.0249 e. The summed E-state index contributed by atoms with van der Waals surface area (Å²) in [7, 11) is 0. The van der Waals surface area contributed by atoms with Crippen molar-refractivity contribution >= 4 is 0 Å². The van der Waals surface area contributed by atoms with Crippen molar-refractivity contribution in [2.75, 3.05) is 0 Å². The van der Waals surface area contributed by atoms with E-state index in [0.29, 0.717) is 0 Å². The van der Waals surface area contributed by atoms with Crippen molar-refractivity contribution in [3.05, 3.63) is 0 Å². The zero-order valence-corrected chi connectivity index (χ0v) is 8.48. The van der Waals surface area contributed by atoms with E-state index in [1.165, 1.54) is 25.7 Å². The van der Waals surface area contributed by atoms with Gasteiger partial charge in [-0.3, -0.25) is 0 Å². The molecule has 0 aromatic heterocycles. The molecule has 1 rings (SSSR count). The maximum atomic E-state index is 2.43. The highest BCUT2D eigenvalue weighted by Gasteiger charge is 2.45. The molecule has 0 nitrogen and oxygen atoms in total. The van der Waals surface area contributed by atoms with Gasteiger partial charge < -0.3 is 0 Å². The summed E-state index contributed by atoms with van der Waals surface area (Å²) in [5.74, 6) is 1.93. The molecule has 0 heterocycles. The van der Waals surface area contributed by atoms with Gasteiger partial charge in [0.05, 0.1) is 0 Å². The Hall–Kier alpha value is 0. The van der Waals surface area contributed by atoms with Crippen LogP contribution in [0.5, 0.6) is 0 Å². The first-order valence-electron chi connectivity index (χ1n) is 5.17. The minimum Gasteiger partial charge on any atom is -0.0651 e. The highest BCUT2D eigenvalue weighted by Crippen LogP contribution is 2.54. The van der Waals surface area contributed by atoms with Crippen LogP contribution in [0, 0.1) is 17.3 Å². The number of hydrogen-bond donors (Lipinski definition) is 0. The van der Waals surface area contributed by atoms with Crippen LogP contribution in [-0.2, 0) is 0 Å². The molecular weight excluding hydrogens is 132 g/mol. The van der Waals surface area contributed by atoms with Crippen molar-refractivity contribution in [3.8, 4) is 0 Å². The van der Waals surface area contributed by atoms with Crippen LogP contribution in [0.3, 0.4) is 0 Å². The molecule has 0 spiro atoms. The fraction of sp³-hybridized carbons (Fsp3) is 1.00. The van der Waals surface area contributed by atoms with Gasteiger partial charge in [-0.1, -0.05) is 34.1 Å². The molecule has 0 aromatic carbocycles. The first-order chi connectivity index (χ1) is 5.17. The Balaban J connectivity index is 2.60. The summed E-state index contributed by atoms with van der Waals surface area (Å²) < 4.78 is 0. The second kappa shape index (κ2) is 3.16. The minimum absolute atomic E-state index is 0.731. The first-order valence-corrected chi connectivity index (χ1v) is 5.17. The predicted molar refractivity (Wildman–Crippen MR) is 50.6 cm³/mol. The van der Waals surface area contributed by atoms with Gasteiger partial charge in [0, 0.05) is 0 Å². The molecule has 3 unspecified atom stereocenters. The molecule has 3 atom stereocenters. The second-order valence-corrected chi connectivity index (χ2v) is 4.34. The fourth-order valence-corrected chi connectivity index (χ4v) is 2.82. The quantitative estimate of drug-likeness (QED) is 0.579. The van der Waals surface area contributed by atoms with E-state index in [1.807, 2.05) is 0 Å². The molecule has 0 aliphatic heterocycles. The van der Waals surface area contributed by atoms with E-state index in [0.717, 1.165) is 17.3 Å². The summed E-state index contributed by atoms with van der Waals surface area (Å²) in [5, 5.41) is 0. The Kier molecular flexibility index (Phi) is 2.61. The van der Waals surface area contributed by atoms with Gasteiger partial charge in [-0.05, 0) is 36.5 Å². The molecule has 1 aliphatic carbocycles. The van der Waals surface area contributed by atoms with Gasteiger partial charge >= 0.3 is 0 Å². The zero-order valence-electron chi connectivity index (χ0n) is 8.48. The van der Waals surface area contributed by atoms with Crippen molar-refractivity contribution in [1.82, 2.24) is 0 Å². The van der Waals surface area contributed by atoms with E-state index in [-0.39, 0.29) is 0 Å². The maximum absolute atomic E-state index is 2.43. The Morgan fingerprint density at radius 2 is 2.09 bits per heavy atom. The van der Waals surface area contributed by atoms with Crippen molar-refractivity contribution in [2.45, 2.75) is 53.4 Å². The van der Waals surface area contributed by atoms with E-state index >= 15 is 0 Å². The third-order valence-electron chi connectivity index (χ3n) is 4.28. The first kappa shape index (κ1) is 9.09. The molecule has 0 amide bonds. The maximum Gasteiger partial charge on any atom is -0.0249 e. The predicted octanol–water partition coefficient (Wildman–Crippen LogP) is 3.86. The standard InChI is InChI=1S/C11H22/c1-5-9(3)11(6-2)8-7-10(11)4/h9-10H,5-8H2,1-4H3. The summed E-state index contributed by atoms with van der Waals surface area (Å²) in [5.41, 5.74) is 0.731. The molecule has 0 heteroatoms. The Morgan fingerprint density at radius 3 is 2.18 bits per heavy atom. The third kappa shape index (κ3) is 1.21. The van der Waals surface area contributed by atoms with E-state index in [1.54, 1.807) is 0 Å². The molecule has 0 radical (unpaired) electrons. The molecule has 0 N–H and O–H groups in total. The van der Waals surface area contributed by atoms with Gasteiger partial charge in [0.1, 0.15) is 0 Å². The Bertz CT molecular complexity index is 124. The zero-order chi connectivity index (χ0) is 8.48. The molecule has 0 bridgehead atoms. The van der Waals surface area contributed by atoms with Crippen molar-refractivity contribution < 1.29 is 0 Å². The molecule has 0 saturated heterocycles. The molecular formula is C11H22. The van der Waals surface area contributed by atoms with Crippen molar-refractivity contribution in [3.63, 3.8) is 0 Å². The molecule has 0 aromatic rings. The van der Waals surface area contributed by atoms with Crippen LogP contribution in [-0.4, -0.2) is 0 Å². The molecule has 66 valence electrons. The van der Waals surface area contributed by atoms with Gasteiger partial charge in [-0.25, -0.2) is 0 Å². The third-order valence-corrected chi connectivity index (χ3v) is 4.28. The van der Waals surface area contributed by atoms with Crippen LogP contribution >= 0.6 is 0 Å². The fourth-order valence-electron chi connectivity index (χ4n) is 2.82. The van der Waals surface area contributed by atoms with Crippen LogP contribution in [0.4, 0.5) is 0 Å². The van der Waals surface area contributed by atoms with Crippen LogP contribution in [0.1, 0.15) is 53.4 Å². The second-order valence-electron chi connectivity index (χ2n) is 4.34. The van der Waals surface area contributed by atoms with Crippen LogP contribution in [0.2, 0.25) is 0 Å². The van der Waals surface area contributed by atoms with Gasteiger partial charge in [0.15, 0.2) is 0 Å². The van der Waals surface area contributed by atoms with Gasteiger partial charge in [0.2, 0.25) is 0 Å². The van der Waals surface area contributed by atoms with E-state index in [4.69, 9.17) is 0 Å². The lowest BCUT2D eigenvalue weighted by Crippen LogP contribution is -2.43. The Labute approximate surface area is 71.4 Å². The van der Waals surface area contributed by atoms with Crippen LogP contribution in [0.25, 0.3) is 0 Å². The highest BCUT2D eigenvalue weighted by molar-refractivity contribution is 4.95. The average Bonchev–Trinajstić information content (AvgIpc) is 2.03. The molecule has 1 aliphatic rings. The molecule has 11 heavy (non-hydrogen) atoms. The topological polar surface area (TPSA) is 0 Å². The lowest BCUT2D eigenvalue weighted by Gasteiger charge is -2.52. The lowest BCUT2D eigenvalue weighted by atomic mass is 9.53. The van der Waals surface area contributed by atoms with Gasteiger partial charge in [-0.2, -0.15) is 0 Å². The summed E-state index contributed by atoms with van der Waals surface area (Å²) >= 11 is 0. The molecule has 1 fully saturated rings. The van der Waals surface area contributed by atoms with Gasteiger partial charge in [-0.15, -0.1) is 0 Å². The summed E-state index contributed by atoms with van der Waals surface area (Å²) in [6.07, 6.45) is 5.71. The summed E-state index contributed by atoms with van der Waals surface area (Å²) in [6.45, 7) is 9.55. The summed E-state index contributed by atoms with van der Waals surface area (Å²) in [4.78, 5) is 0. The Morgan fingerprint density at radius 1 is 1.45 bits per heavy atom. The van der Waals surface area contributed by atoms with E-state index in [9.17, 15) is 0 Å². The molecule has 1 saturated carbocycles. The normalized spacial score (nSPS) is 39.8. The van der Waals surface area contributed by atoms with Crippen molar-refractivity contribution in [2.24, 2.45) is 17.3 Å². The van der Waals surface area contributed by atoms with Crippen LogP contribution in [0.15, 0.2) is 0 Å². The monoisotopic (exact) mass is 154 g/mol.